The summed E-state index contributed by atoms with van der Waals surface area (Å²) in [5, 5.41) is 92.9. The fourth-order valence-electron chi connectivity index (χ4n) is 13.8. The Bertz CT molecular complexity index is 4470. The number of hydrogen-bond acceptors (Lipinski definition) is 21. The number of aliphatic carboxylic acids is 3. The topological polar surface area (TPSA) is 626 Å². The summed E-state index contributed by atoms with van der Waals surface area (Å²) in [7, 11) is 0. The van der Waals surface area contributed by atoms with Gasteiger partial charge in [-0.15, -0.1) is 0 Å². The molecule has 1 aliphatic heterocycles. The third-order valence-corrected chi connectivity index (χ3v) is 20.2. The van der Waals surface area contributed by atoms with E-state index in [1.807, 2.05) is 0 Å². The molecule has 0 unspecified atom stereocenters. The average molecular weight is 1690 g/mol. The van der Waals surface area contributed by atoms with Crippen LogP contribution in [-0.2, 0) is 96.0 Å². The summed E-state index contributed by atoms with van der Waals surface area (Å²) in [6, 6.07) is -2.31. The number of carboxylic acid groups (broad SMARTS) is 3. The third-order valence-electron chi connectivity index (χ3n) is 20.2. The van der Waals surface area contributed by atoms with Crippen LogP contribution in [0.1, 0.15) is 150 Å². The molecule has 39 heteroatoms. The number of nitrogens with two attached hydrogens (primary N) is 2. The van der Waals surface area contributed by atoms with Gasteiger partial charge >= 0.3 is 17.9 Å². The largest absolute Gasteiger partial charge is 0.508 e. The molecule has 16 atom stereocenters. The number of H-pyrrole nitrogens is 2. The molecule has 1 aliphatic rings. The van der Waals surface area contributed by atoms with E-state index in [0.29, 0.717) is 44.9 Å². The van der Waals surface area contributed by atoms with Crippen LogP contribution >= 0.6 is 0 Å². The Morgan fingerprint density at radius 3 is 1.28 bits per heavy atom. The summed E-state index contributed by atoms with van der Waals surface area (Å²) < 4.78 is 0. The molecule has 0 aliphatic carbocycles. The Morgan fingerprint density at radius 2 is 0.826 bits per heavy atom. The number of phenols is 1. The summed E-state index contributed by atoms with van der Waals surface area (Å²) in [4.78, 5) is 230. The van der Waals surface area contributed by atoms with Gasteiger partial charge in [0, 0.05) is 60.0 Å². The molecule has 13 amide bonds. The van der Waals surface area contributed by atoms with Crippen LogP contribution in [0.4, 0.5) is 0 Å². The second-order valence-corrected chi connectivity index (χ2v) is 31.9. The fraction of sp³-hybridized carbons (Fsp3) is 0.537. The second kappa shape index (κ2) is 46.5. The van der Waals surface area contributed by atoms with Crippen molar-refractivity contribution in [3.8, 4) is 5.75 Å². The molecule has 1 fully saturated rings. The zero-order chi connectivity index (χ0) is 89.8. The minimum absolute atomic E-state index is 0.0231. The van der Waals surface area contributed by atoms with Gasteiger partial charge in [0.15, 0.2) is 0 Å². The number of rotatable bonds is 48. The molecule has 662 valence electrons. The van der Waals surface area contributed by atoms with Gasteiger partial charge in [0.05, 0.1) is 31.1 Å². The van der Waals surface area contributed by atoms with E-state index in [-0.39, 0.29) is 101 Å². The summed E-state index contributed by atoms with van der Waals surface area (Å²) in [5.74, 6) is -18.6. The Hall–Kier alpha value is -12.1. The number of aliphatic hydroxyl groups is 2. The molecule has 6 rings (SSSR count). The zero-order valence-electron chi connectivity index (χ0n) is 69.5. The van der Waals surface area contributed by atoms with E-state index in [0.717, 1.165) is 4.90 Å². The molecule has 24 N–H and O–H groups in total. The standard InChI is InChI=1S/C82H117N17O22/c1-40(2)30-56(72(110)87-44(8)70(108)96-63(82(120)121)37-66(105)106)90-75(113)60(34-48-38-85-53-20-13-11-18-51(48)53)92-73(111)57(31-41(3)4)89-71(109)55(22-15-16-28-83)88-79(117)68(46(10)101)98-77(115)58(32-42(5)6)93-78(116)64-23-17-29-99(64)81(119)62(36-65(103)104)95-74(112)59(33-47-24-26-50(102)27-25-47)91-76(114)61(35-49-39-86-54-21-14-12-19-52(49)54)94-80(118)67(45(9)100)97-69(107)43(7)84/h11-14,18-21,24-27,38-46,55-64,67-68,85-86,100-102H,15-17,22-23,28-37,83-84H2,1-10H3,(H,87,110)(H,88,117)(H,89,109)(H,90,113)(H,91,114)(H,92,111)(H,93,116)(H,94,118)(H,95,112)(H,96,108)(H,97,107)(H,98,115)(H,103,104)(H,105,106)(H,120,121)/t43-,44-,45+,46+,55-,56-,57-,58-,59-,60-,61-,62-,63-,64-,67-,68-/m0/s1. The molecule has 0 spiro atoms. The van der Waals surface area contributed by atoms with Gasteiger partial charge in [-0.1, -0.05) is 90.1 Å². The number of nitrogens with zero attached hydrogens (tertiary/aromatic N) is 1. The van der Waals surface area contributed by atoms with Crippen LogP contribution in [0.5, 0.6) is 5.75 Å². The van der Waals surface area contributed by atoms with Crippen molar-refractivity contribution in [2.75, 3.05) is 13.1 Å². The first-order valence-corrected chi connectivity index (χ1v) is 40.4. The van der Waals surface area contributed by atoms with E-state index in [9.17, 15) is 107 Å². The molecule has 39 nitrogen and oxygen atoms in total. The highest BCUT2D eigenvalue weighted by Gasteiger charge is 2.43. The maximum absolute atomic E-state index is 14.9. The number of aliphatic hydroxyl groups excluding tert-OH is 2. The van der Waals surface area contributed by atoms with Gasteiger partial charge in [0.1, 0.15) is 84.3 Å². The number of carboxylic acids is 3. The SMILES string of the molecule is CC(C)C[C@H](NC(=O)[C@H](Cc1c[nH]c2ccccc12)NC(=O)[C@H](CC(C)C)NC(=O)[C@H](CCCCN)NC(=O)[C@@H](NC(=O)[C@H](CC(C)C)NC(=O)[C@@H]1CCCN1C(=O)[C@H](CC(=O)O)NC(=O)[C@H](Cc1ccc(O)cc1)NC(=O)[C@H](Cc1c[nH]c2ccccc12)NC(=O)[C@@H](NC(=O)[C@H](C)N)[C@@H](C)O)[C@@H](C)O)C(=O)N[C@@H](C)C(=O)N[C@@H](CC(=O)O)C(=O)O. The molecule has 0 bridgehead atoms. The molecule has 2 aromatic heterocycles. The lowest BCUT2D eigenvalue weighted by atomic mass is 9.99. The smallest absolute Gasteiger partial charge is 0.326 e. The zero-order valence-corrected chi connectivity index (χ0v) is 69.5. The first-order chi connectivity index (χ1) is 57.0. The van der Waals surface area contributed by atoms with Crippen molar-refractivity contribution in [3.05, 3.63) is 102 Å². The van der Waals surface area contributed by atoms with E-state index in [2.05, 4.69) is 73.8 Å². The van der Waals surface area contributed by atoms with Crippen LogP contribution in [0, 0.1) is 17.8 Å². The molecule has 5 aromatic rings. The van der Waals surface area contributed by atoms with Crippen LogP contribution in [0.15, 0.2) is 85.2 Å². The van der Waals surface area contributed by atoms with E-state index < -0.39 is 204 Å². The summed E-state index contributed by atoms with van der Waals surface area (Å²) in [6.07, 6.45) is -2.54. The highest BCUT2D eigenvalue weighted by atomic mass is 16.4. The Morgan fingerprint density at radius 1 is 0.438 bits per heavy atom. The number of aromatic hydroxyl groups is 1. The summed E-state index contributed by atoms with van der Waals surface area (Å²) in [6.45, 7) is 15.3. The van der Waals surface area contributed by atoms with Crippen molar-refractivity contribution in [2.24, 2.45) is 29.2 Å². The number of unbranched alkanes of at least 4 members (excludes halogenated alkanes) is 1. The molecule has 3 aromatic carbocycles. The number of benzene rings is 3. The number of carbonyl (C=O) groups excluding carboxylic acids is 13. The molecule has 121 heavy (non-hydrogen) atoms. The lowest BCUT2D eigenvalue weighted by Crippen LogP contribution is -2.62. The molecule has 0 saturated carbocycles. The highest BCUT2D eigenvalue weighted by molar-refractivity contribution is 6.02. The Kier molecular flexibility index (Phi) is 37.5. The first-order valence-electron chi connectivity index (χ1n) is 40.4. The third kappa shape index (κ3) is 30.0. The number of likely N-dealkylation sites (tertiary alicyclic amines) is 1. The van der Waals surface area contributed by atoms with Crippen molar-refractivity contribution in [2.45, 2.75) is 250 Å². The van der Waals surface area contributed by atoms with Gasteiger partial charge < -0.3 is 121 Å². The number of phenolic OH excluding ortho intramolecular Hbond substituents is 1. The predicted octanol–water partition coefficient (Wildman–Crippen LogP) is -1.38. The number of nitrogens with one attached hydrogen (secondary N) is 14. The number of carbonyl (C=O) groups is 16. The lowest BCUT2D eigenvalue weighted by molar-refractivity contribution is -0.147. The predicted molar refractivity (Wildman–Crippen MR) is 440 cm³/mol. The number of fused-ring (bicyclic) bond motifs is 2. The summed E-state index contributed by atoms with van der Waals surface area (Å²) in [5.41, 5.74) is 14.3. The van der Waals surface area contributed by atoms with Crippen LogP contribution in [0.25, 0.3) is 21.8 Å². The summed E-state index contributed by atoms with van der Waals surface area (Å²) >= 11 is 0. The molecular formula is C82H117N17O22. The Labute approximate surface area is 699 Å². The van der Waals surface area contributed by atoms with Crippen molar-refractivity contribution < 1.29 is 107 Å². The van der Waals surface area contributed by atoms with E-state index in [1.165, 1.54) is 52.0 Å². The fourth-order valence-corrected chi connectivity index (χ4v) is 13.8. The van der Waals surface area contributed by atoms with Gasteiger partial charge in [-0.05, 0) is 144 Å². The maximum Gasteiger partial charge on any atom is 0.326 e. The van der Waals surface area contributed by atoms with Crippen LogP contribution in [0.2, 0.25) is 0 Å². The van der Waals surface area contributed by atoms with Gasteiger partial charge in [-0.3, -0.25) is 71.9 Å². The molecule has 1 saturated heterocycles. The van der Waals surface area contributed by atoms with E-state index >= 15 is 0 Å². The van der Waals surface area contributed by atoms with Crippen LogP contribution < -0.4 is 75.3 Å². The van der Waals surface area contributed by atoms with E-state index in [4.69, 9.17) is 11.5 Å². The van der Waals surface area contributed by atoms with Gasteiger partial charge in [-0.25, -0.2) is 4.79 Å². The first kappa shape index (κ1) is 97.7. The van der Waals surface area contributed by atoms with E-state index in [1.54, 1.807) is 102 Å². The van der Waals surface area contributed by atoms with Gasteiger partial charge in [0.2, 0.25) is 76.8 Å². The number of para-hydroxylation sites is 2. The number of hydrogen-bond donors (Lipinski definition) is 22. The number of aromatic nitrogens is 2. The molecular weight excluding hydrogens is 1570 g/mol. The monoisotopic (exact) mass is 1690 g/mol. The van der Waals surface area contributed by atoms with Crippen molar-refractivity contribution in [1.82, 2.24) is 78.7 Å². The van der Waals surface area contributed by atoms with Crippen LogP contribution in [-0.4, -0.2) is 250 Å². The van der Waals surface area contributed by atoms with Crippen molar-refractivity contribution >= 4 is 117 Å². The normalized spacial score (nSPS) is 16.4. The van der Waals surface area contributed by atoms with Gasteiger partial charge in [0.25, 0.3) is 0 Å². The quantitative estimate of drug-likeness (QED) is 0.0200. The number of amides is 13. The second-order valence-electron chi connectivity index (χ2n) is 31.9. The molecule has 0 radical (unpaired) electrons. The van der Waals surface area contributed by atoms with Crippen molar-refractivity contribution in [1.29, 1.82) is 0 Å². The highest BCUT2D eigenvalue weighted by Crippen LogP contribution is 2.25. The van der Waals surface area contributed by atoms with Crippen molar-refractivity contribution in [3.63, 3.8) is 0 Å². The molecule has 3 heterocycles. The lowest BCUT2D eigenvalue weighted by Gasteiger charge is -2.31. The van der Waals surface area contributed by atoms with Crippen LogP contribution in [0.3, 0.4) is 0 Å². The minimum Gasteiger partial charge on any atom is -0.508 e. The minimum atomic E-state index is -1.94. The average Bonchev–Trinajstić information content (AvgIpc) is 1.73. The number of aromatic amines is 2. The van der Waals surface area contributed by atoms with Gasteiger partial charge in [-0.2, -0.15) is 0 Å². The Balaban J connectivity index is 1.21. The maximum atomic E-state index is 14.9.